The van der Waals surface area contributed by atoms with E-state index < -0.39 is 0 Å². The normalized spacial score (nSPS) is 17.0. The van der Waals surface area contributed by atoms with Gasteiger partial charge in [0.15, 0.2) is 11.8 Å². The largest absolute Gasteiger partial charge is 0.372 e. The number of anilines is 1. The number of rotatable bonds is 11. The van der Waals surface area contributed by atoms with E-state index in [1.165, 1.54) is 25.1 Å². The molecule has 1 aromatic heterocycles. The van der Waals surface area contributed by atoms with E-state index in [1.807, 2.05) is 18.5 Å². The molecule has 1 fully saturated rings. The van der Waals surface area contributed by atoms with Crippen molar-refractivity contribution in [2.75, 3.05) is 44.2 Å². The van der Waals surface area contributed by atoms with Crippen LogP contribution >= 0.6 is 0 Å². The third-order valence-corrected chi connectivity index (χ3v) is 6.37. The number of aryl methyl sites for hydroxylation is 1. The maximum absolute atomic E-state index is 4.81. The molecule has 2 aromatic rings. The number of likely N-dealkylation sites (tertiary alicyclic amines) is 1. The van der Waals surface area contributed by atoms with Crippen LogP contribution in [0.15, 0.2) is 35.3 Å². The minimum absolute atomic E-state index is 0.514. The molecular weight excluding hydrogens is 400 g/mol. The molecule has 8 heteroatoms. The number of guanidine groups is 1. The average Bonchev–Trinajstić information content (AvgIpc) is 3.41. The van der Waals surface area contributed by atoms with Crippen LogP contribution in [-0.4, -0.2) is 70.9 Å². The third kappa shape index (κ3) is 6.69. The van der Waals surface area contributed by atoms with Crippen LogP contribution in [0.1, 0.15) is 44.8 Å². The van der Waals surface area contributed by atoms with E-state index in [1.54, 1.807) is 0 Å². The van der Waals surface area contributed by atoms with Gasteiger partial charge in [0.1, 0.15) is 12.4 Å². The Morgan fingerprint density at radius 1 is 1.19 bits per heavy atom. The standard InChI is InChI=1S/C24H40N8/c1-5-31(21-12-8-7-9-13-21)17-11-15-25-24(26-18-22-14-10-16-32(22)6-2)27-19-23-29-28-20(3)30(23)4/h7-9,12-13,22H,5-6,10-11,14-19H2,1-4H3,(H2,25,26,27). The molecule has 2 heterocycles. The van der Waals surface area contributed by atoms with Crippen molar-refractivity contribution in [1.82, 2.24) is 30.3 Å². The van der Waals surface area contributed by atoms with Crippen molar-refractivity contribution in [1.29, 1.82) is 0 Å². The number of nitrogens with one attached hydrogen (secondary N) is 2. The summed E-state index contributed by atoms with van der Waals surface area (Å²) in [5, 5.41) is 15.5. The van der Waals surface area contributed by atoms with Crippen LogP contribution in [0.25, 0.3) is 0 Å². The minimum atomic E-state index is 0.514. The van der Waals surface area contributed by atoms with Crippen LogP contribution in [0.5, 0.6) is 0 Å². The second-order valence-corrected chi connectivity index (χ2v) is 8.39. The molecule has 0 bridgehead atoms. The number of hydrogen-bond donors (Lipinski definition) is 2. The number of aromatic nitrogens is 3. The molecule has 0 spiro atoms. The van der Waals surface area contributed by atoms with Gasteiger partial charge in [0.05, 0.1) is 0 Å². The molecule has 176 valence electrons. The highest BCUT2D eigenvalue weighted by molar-refractivity contribution is 5.79. The lowest BCUT2D eigenvalue weighted by atomic mass is 10.2. The summed E-state index contributed by atoms with van der Waals surface area (Å²) in [5.41, 5.74) is 1.28. The van der Waals surface area contributed by atoms with Crippen molar-refractivity contribution in [3.8, 4) is 0 Å². The summed E-state index contributed by atoms with van der Waals surface area (Å²) in [5.74, 6) is 2.64. The molecule has 1 aliphatic heterocycles. The molecule has 2 N–H and O–H groups in total. The van der Waals surface area contributed by atoms with Gasteiger partial charge in [0, 0.05) is 45.0 Å². The van der Waals surface area contributed by atoms with Crippen molar-refractivity contribution in [2.45, 2.75) is 52.6 Å². The maximum Gasteiger partial charge on any atom is 0.191 e. The molecule has 3 rings (SSSR count). The Balaban J connectivity index is 1.54. The lowest BCUT2D eigenvalue weighted by Gasteiger charge is -2.25. The molecule has 8 nitrogen and oxygen atoms in total. The first-order valence-corrected chi connectivity index (χ1v) is 12.0. The highest BCUT2D eigenvalue weighted by Gasteiger charge is 2.22. The van der Waals surface area contributed by atoms with Crippen LogP contribution in [-0.2, 0) is 13.6 Å². The molecular formula is C24H40N8. The van der Waals surface area contributed by atoms with E-state index in [4.69, 9.17) is 4.99 Å². The first-order chi connectivity index (χ1) is 15.6. The predicted molar refractivity (Wildman–Crippen MR) is 132 cm³/mol. The van der Waals surface area contributed by atoms with Crippen LogP contribution in [0.2, 0.25) is 0 Å². The lowest BCUT2D eigenvalue weighted by molar-refractivity contribution is 0.267. The summed E-state index contributed by atoms with van der Waals surface area (Å²) in [6.07, 6.45) is 3.57. The van der Waals surface area contributed by atoms with E-state index in [0.29, 0.717) is 12.6 Å². The summed E-state index contributed by atoms with van der Waals surface area (Å²) < 4.78 is 2.00. The number of nitrogens with zero attached hydrogens (tertiary/aromatic N) is 6. The Morgan fingerprint density at radius 2 is 2.00 bits per heavy atom. The van der Waals surface area contributed by atoms with Crippen LogP contribution in [0.3, 0.4) is 0 Å². The van der Waals surface area contributed by atoms with Crippen molar-refractivity contribution < 1.29 is 0 Å². The number of para-hydroxylation sites is 1. The Bertz CT molecular complexity index is 832. The van der Waals surface area contributed by atoms with E-state index in [2.05, 4.69) is 74.8 Å². The second-order valence-electron chi connectivity index (χ2n) is 8.39. The number of hydrogen-bond acceptors (Lipinski definition) is 5. The van der Waals surface area contributed by atoms with Gasteiger partial charge < -0.3 is 20.1 Å². The van der Waals surface area contributed by atoms with Gasteiger partial charge in [-0.25, -0.2) is 4.99 Å². The van der Waals surface area contributed by atoms with Gasteiger partial charge in [-0.15, -0.1) is 10.2 Å². The molecule has 1 aliphatic rings. The van der Waals surface area contributed by atoms with Gasteiger partial charge in [0.25, 0.3) is 0 Å². The number of aliphatic imine (C=N–C) groups is 1. The molecule has 1 saturated heterocycles. The minimum Gasteiger partial charge on any atom is -0.372 e. The van der Waals surface area contributed by atoms with E-state index >= 15 is 0 Å². The van der Waals surface area contributed by atoms with Gasteiger partial charge in [-0.3, -0.25) is 4.90 Å². The molecule has 1 unspecified atom stereocenters. The van der Waals surface area contributed by atoms with Crippen LogP contribution in [0.4, 0.5) is 5.69 Å². The maximum atomic E-state index is 4.81. The van der Waals surface area contributed by atoms with Gasteiger partial charge >= 0.3 is 0 Å². The monoisotopic (exact) mass is 440 g/mol. The topological polar surface area (TPSA) is 73.6 Å². The van der Waals surface area contributed by atoms with Crippen LogP contribution < -0.4 is 15.5 Å². The summed E-state index contributed by atoms with van der Waals surface area (Å²) in [4.78, 5) is 9.77. The second kappa shape index (κ2) is 12.4. The SMILES string of the molecule is CCN(CCCNC(=NCc1nnc(C)n1C)NCC1CCCN1CC)c1ccccc1. The van der Waals surface area contributed by atoms with Gasteiger partial charge in [-0.05, 0) is 58.3 Å². The smallest absolute Gasteiger partial charge is 0.191 e. The van der Waals surface area contributed by atoms with Gasteiger partial charge in [-0.2, -0.15) is 0 Å². The fourth-order valence-corrected chi connectivity index (χ4v) is 4.26. The first kappa shape index (κ1) is 24.0. The number of benzene rings is 1. The van der Waals surface area contributed by atoms with Crippen molar-refractivity contribution in [3.63, 3.8) is 0 Å². The van der Waals surface area contributed by atoms with E-state index in [-0.39, 0.29) is 0 Å². The van der Waals surface area contributed by atoms with Gasteiger partial charge in [-0.1, -0.05) is 25.1 Å². The molecule has 0 amide bonds. The van der Waals surface area contributed by atoms with Crippen molar-refractivity contribution in [2.24, 2.45) is 12.0 Å². The number of likely N-dealkylation sites (N-methyl/N-ethyl adjacent to an activating group) is 1. The Labute approximate surface area is 193 Å². The van der Waals surface area contributed by atoms with Crippen molar-refractivity contribution in [3.05, 3.63) is 42.0 Å². The molecule has 1 aromatic carbocycles. The fraction of sp³-hybridized carbons (Fsp3) is 0.625. The summed E-state index contributed by atoms with van der Waals surface area (Å²) in [7, 11) is 1.99. The average molecular weight is 441 g/mol. The highest BCUT2D eigenvalue weighted by Crippen LogP contribution is 2.15. The summed E-state index contributed by atoms with van der Waals surface area (Å²) in [6, 6.07) is 11.2. The Hall–Kier alpha value is -2.61. The molecule has 1 atom stereocenters. The fourth-order valence-electron chi connectivity index (χ4n) is 4.26. The lowest BCUT2D eigenvalue weighted by Crippen LogP contribution is -2.45. The zero-order valence-corrected chi connectivity index (χ0v) is 20.2. The summed E-state index contributed by atoms with van der Waals surface area (Å²) >= 11 is 0. The Morgan fingerprint density at radius 3 is 2.69 bits per heavy atom. The zero-order chi connectivity index (χ0) is 22.8. The quantitative estimate of drug-likeness (QED) is 0.318. The van der Waals surface area contributed by atoms with Gasteiger partial charge in [0.2, 0.25) is 0 Å². The van der Waals surface area contributed by atoms with Crippen LogP contribution in [0, 0.1) is 6.92 Å². The predicted octanol–water partition coefficient (Wildman–Crippen LogP) is 2.56. The van der Waals surface area contributed by atoms with E-state index in [0.717, 1.165) is 56.8 Å². The van der Waals surface area contributed by atoms with Crippen molar-refractivity contribution >= 4 is 11.6 Å². The van der Waals surface area contributed by atoms with E-state index in [9.17, 15) is 0 Å². The molecule has 0 aliphatic carbocycles. The third-order valence-electron chi connectivity index (χ3n) is 6.37. The molecule has 0 radical (unpaired) electrons. The Kier molecular flexibility index (Phi) is 9.34. The summed E-state index contributed by atoms with van der Waals surface area (Å²) in [6.45, 7) is 13.0. The highest BCUT2D eigenvalue weighted by atomic mass is 15.3. The zero-order valence-electron chi connectivity index (χ0n) is 20.2. The molecule has 32 heavy (non-hydrogen) atoms. The molecule has 0 saturated carbocycles. The first-order valence-electron chi connectivity index (χ1n) is 12.0.